The fraction of sp³-hybridized carbons (Fsp3) is 0.533. The van der Waals surface area contributed by atoms with Crippen LogP contribution in [0.4, 0.5) is 0 Å². The molecule has 0 saturated heterocycles. The molecule has 0 saturated carbocycles. The summed E-state index contributed by atoms with van der Waals surface area (Å²) in [6.45, 7) is 3.03. The minimum atomic E-state index is -0.657. The predicted octanol–water partition coefficient (Wildman–Crippen LogP) is 2.09. The first kappa shape index (κ1) is 16.0. The minimum absolute atomic E-state index is 0.243. The quantitative estimate of drug-likeness (QED) is 0.641. The number of rotatable bonds is 6. The normalized spacial score (nSPS) is 16.1. The Balaban J connectivity index is 1.92. The van der Waals surface area contributed by atoms with Crippen LogP contribution in [0.1, 0.15) is 13.3 Å². The van der Waals surface area contributed by atoms with Crippen molar-refractivity contribution in [3.05, 3.63) is 18.2 Å². The van der Waals surface area contributed by atoms with Crippen molar-refractivity contribution >= 4 is 17.7 Å². The van der Waals surface area contributed by atoms with Gasteiger partial charge in [0.2, 0.25) is 0 Å². The monoisotopic (exact) mass is 311 g/mol. The van der Waals surface area contributed by atoms with Gasteiger partial charge in [0.1, 0.15) is 18.8 Å². The van der Waals surface area contributed by atoms with Crippen molar-refractivity contribution in [2.24, 2.45) is 0 Å². The molecule has 1 N–H and O–H groups in total. The number of thioether (sulfide) groups is 1. The van der Waals surface area contributed by atoms with Crippen LogP contribution in [0, 0.1) is 0 Å². The molecule has 0 spiro atoms. The maximum Gasteiger partial charge on any atom is 0.325 e. The molecule has 1 aliphatic rings. The van der Waals surface area contributed by atoms with Crippen molar-refractivity contribution in [1.82, 2.24) is 5.32 Å². The zero-order chi connectivity index (χ0) is 15.3. The van der Waals surface area contributed by atoms with E-state index >= 15 is 0 Å². The molecule has 0 bridgehead atoms. The molecule has 5 nitrogen and oxygen atoms in total. The van der Waals surface area contributed by atoms with Gasteiger partial charge in [-0.1, -0.05) is 0 Å². The number of methoxy groups -OCH3 is 1. The standard InChI is InChI=1S/C15H21NO4S/c1-15(16-2,14(17)18-3)6-9-21-11-4-5-12-13(10-11)20-8-7-19-12/h4-5,10,16H,6-9H2,1-3H3. The SMILES string of the molecule is CNC(C)(CCSc1ccc2c(c1)OCCO2)C(=O)OC. The van der Waals surface area contributed by atoms with Crippen molar-refractivity contribution in [2.45, 2.75) is 23.8 Å². The summed E-state index contributed by atoms with van der Waals surface area (Å²) in [5.41, 5.74) is -0.657. The first-order valence-electron chi connectivity index (χ1n) is 6.89. The van der Waals surface area contributed by atoms with E-state index in [2.05, 4.69) is 5.32 Å². The molecule has 21 heavy (non-hydrogen) atoms. The number of likely N-dealkylation sites (N-methyl/N-ethyl adjacent to an activating group) is 1. The van der Waals surface area contributed by atoms with Crippen LogP contribution in [0.25, 0.3) is 0 Å². The molecule has 1 aromatic carbocycles. The fourth-order valence-corrected chi connectivity index (χ4v) is 3.14. The lowest BCUT2D eigenvalue weighted by Crippen LogP contribution is -2.48. The smallest absolute Gasteiger partial charge is 0.325 e. The Kier molecular flexibility index (Phi) is 5.36. The van der Waals surface area contributed by atoms with Gasteiger partial charge in [-0.3, -0.25) is 4.79 Å². The Hall–Kier alpha value is -1.40. The van der Waals surface area contributed by atoms with E-state index in [1.165, 1.54) is 7.11 Å². The molecule has 0 amide bonds. The van der Waals surface area contributed by atoms with Crippen molar-refractivity contribution in [2.75, 3.05) is 33.1 Å². The molecular weight excluding hydrogens is 290 g/mol. The maximum atomic E-state index is 11.8. The van der Waals surface area contributed by atoms with Crippen molar-refractivity contribution in [1.29, 1.82) is 0 Å². The number of hydrogen-bond donors (Lipinski definition) is 1. The van der Waals surface area contributed by atoms with Gasteiger partial charge >= 0.3 is 5.97 Å². The lowest BCUT2D eigenvalue weighted by molar-refractivity contribution is -0.147. The van der Waals surface area contributed by atoms with Gasteiger partial charge < -0.3 is 19.5 Å². The van der Waals surface area contributed by atoms with Gasteiger partial charge in [-0.25, -0.2) is 0 Å². The van der Waals surface area contributed by atoms with Crippen LogP contribution in [0.5, 0.6) is 11.5 Å². The third-order valence-corrected chi connectivity index (χ3v) is 4.57. The predicted molar refractivity (Wildman–Crippen MR) is 82.3 cm³/mol. The van der Waals surface area contributed by atoms with Crippen LogP contribution in [0.2, 0.25) is 0 Å². The second kappa shape index (κ2) is 7.04. The molecule has 1 unspecified atom stereocenters. The van der Waals surface area contributed by atoms with E-state index in [9.17, 15) is 4.79 Å². The molecular formula is C15H21NO4S. The molecule has 0 aliphatic carbocycles. The summed E-state index contributed by atoms with van der Waals surface area (Å²) >= 11 is 1.68. The highest BCUT2D eigenvalue weighted by atomic mass is 32.2. The Labute approximate surface area is 129 Å². The van der Waals surface area contributed by atoms with Gasteiger partial charge in [-0.05, 0) is 38.6 Å². The maximum absolute atomic E-state index is 11.8. The molecule has 116 valence electrons. The first-order valence-corrected chi connectivity index (χ1v) is 7.87. The molecule has 6 heteroatoms. The molecule has 1 aliphatic heterocycles. The molecule has 1 heterocycles. The molecule has 0 radical (unpaired) electrons. The Morgan fingerprint density at radius 3 is 2.76 bits per heavy atom. The summed E-state index contributed by atoms with van der Waals surface area (Å²) in [6.07, 6.45) is 0.676. The average molecular weight is 311 g/mol. The summed E-state index contributed by atoms with van der Waals surface area (Å²) in [4.78, 5) is 12.9. The third-order valence-electron chi connectivity index (χ3n) is 3.57. The molecule has 2 rings (SSSR count). The summed E-state index contributed by atoms with van der Waals surface area (Å²) in [7, 11) is 3.18. The van der Waals surface area contributed by atoms with Gasteiger partial charge in [-0.15, -0.1) is 11.8 Å². The largest absolute Gasteiger partial charge is 0.486 e. The van der Waals surface area contributed by atoms with Gasteiger partial charge in [0.05, 0.1) is 7.11 Å². The van der Waals surface area contributed by atoms with Crippen LogP contribution in [0.3, 0.4) is 0 Å². The number of esters is 1. The summed E-state index contributed by atoms with van der Waals surface area (Å²) in [6, 6.07) is 5.91. The summed E-state index contributed by atoms with van der Waals surface area (Å²) in [5.74, 6) is 2.13. The van der Waals surface area contributed by atoms with Crippen LogP contribution in [-0.2, 0) is 9.53 Å². The van der Waals surface area contributed by atoms with Crippen molar-refractivity contribution in [3.63, 3.8) is 0 Å². The average Bonchev–Trinajstić information content (AvgIpc) is 2.53. The molecule has 0 fully saturated rings. The van der Waals surface area contributed by atoms with Crippen LogP contribution in [0.15, 0.2) is 23.1 Å². The second-order valence-electron chi connectivity index (χ2n) is 4.98. The van der Waals surface area contributed by atoms with Gasteiger partial charge in [0, 0.05) is 10.6 Å². The topological polar surface area (TPSA) is 56.8 Å². The van der Waals surface area contributed by atoms with Gasteiger partial charge in [0.25, 0.3) is 0 Å². The van der Waals surface area contributed by atoms with E-state index in [1.807, 2.05) is 25.1 Å². The summed E-state index contributed by atoms with van der Waals surface area (Å²) < 4.78 is 15.9. The van der Waals surface area contributed by atoms with E-state index in [0.29, 0.717) is 19.6 Å². The number of hydrogen-bond acceptors (Lipinski definition) is 6. The molecule has 1 aromatic rings. The first-order chi connectivity index (χ1) is 10.1. The fourth-order valence-electron chi connectivity index (χ4n) is 2.04. The summed E-state index contributed by atoms with van der Waals surface area (Å²) in [5, 5.41) is 3.03. The van der Waals surface area contributed by atoms with E-state index < -0.39 is 5.54 Å². The zero-order valence-electron chi connectivity index (χ0n) is 12.6. The number of benzene rings is 1. The number of ether oxygens (including phenoxy) is 3. The van der Waals surface area contributed by atoms with Crippen LogP contribution < -0.4 is 14.8 Å². The van der Waals surface area contributed by atoms with Crippen molar-refractivity contribution < 1.29 is 19.0 Å². The third kappa shape index (κ3) is 3.83. The Morgan fingerprint density at radius 2 is 2.10 bits per heavy atom. The Bertz CT molecular complexity index is 508. The van der Waals surface area contributed by atoms with E-state index in [1.54, 1.807) is 18.8 Å². The zero-order valence-corrected chi connectivity index (χ0v) is 13.4. The molecule has 1 atom stereocenters. The highest BCUT2D eigenvalue weighted by Crippen LogP contribution is 2.34. The van der Waals surface area contributed by atoms with E-state index in [0.717, 1.165) is 22.1 Å². The van der Waals surface area contributed by atoms with Crippen molar-refractivity contribution in [3.8, 4) is 11.5 Å². The van der Waals surface area contributed by atoms with E-state index in [4.69, 9.17) is 14.2 Å². The molecule has 0 aromatic heterocycles. The van der Waals surface area contributed by atoms with Gasteiger partial charge in [-0.2, -0.15) is 0 Å². The van der Waals surface area contributed by atoms with Gasteiger partial charge in [0.15, 0.2) is 11.5 Å². The highest BCUT2D eigenvalue weighted by Gasteiger charge is 2.31. The van der Waals surface area contributed by atoms with Crippen LogP contribution in [-0.4, -0.2) is 44.6 Å². The van der Waals surface area contributed by atoms with Crippen LogP contribution >= 0.6 is 11.8 Å². The highest BCUT2D eigenvalue weighted by molar-refractivity contribution is 7.99. The number of carbonyl (C=O) groups is 1. The second-order valence-corrected chi connectivity index (χ2v) is 6.15. The number of nitrogens with one attached hydrogen (secondary N) is 1. The number of carbonyl (C=O) groups excluding carboxylic acids is 1. The number of fused-ring (bicyclic) bond motifs is 1. The van der Waals surface area contributed by atoms with E-state index in [-0.39, 0.29) is 5.97 Å². The Morgan fingerprint density at radius 1 is 1.38 bits per heavy atom. The minimum Gasteiger partial charge on any atom is -0.486 e. The lowest BCUT2D eigenvalue weighted by atomic mass is 10.00. The lowest BCUT2D eigenvalue weighted by Gasteiger charge is -2.25.